The molecule has 1 unspecified atom stereocenters. The number of carboxylic acids is 1. The highest BCUT2D eigenvalue weighted by Gasteiger charge is 2.09. The third-order valence-electron chi connectivity index (χ3n) is 2.03. The van der Waals surface area contributed by atoms with Gasteiger partial charge >= 0.3 is 5.97 Å². The second-order valence-corrected chi connectivity index (χ2v) is 3.54. The quantitative estimate of drug-likeness (QED) is 0.464. The predicted molar refractivity (Wildman–Crippen MR) is 59.2 cm³/mol. The second-order valence-electron chi connectivity index (χ2n) is 3.54. The summed E-state index contributed by atoms with van der Waals surface area (Å²) in [6, 6.07) is 0. The SMILES string of the molecule is COCCNC(=O)CCNCC(C)C(=O)O. The maximum Gasteiger partial charge on any atom is 0.307 e. The van der Waals surface area contributed by atoms with Gasteiger partial charge in [0.15, 0.2) is 0 Å². The Bertz CT molecular complexity index is 221. The topological polar surface area (TPSA) is 87.7 Å². The molecular formula is C10H20N2O4. The lowest BCUT2D eigenvalue weighted by molar-refractivity contribution is -0.140. The zero-order chi connectivity index (χ0) is 12.4. The van der Waals surface area contributed by atoms with E-state index in [0.29, 0.717) is 32.7 Å². The minimum absolute atomic E-state index is 0.0625. The lowest BCUT2D eigenvalue weighted by atomic mass is 10.2. The van der Waals surface area contributed by atoms with Gasteiger partial charge in [0, 0.05) is 33.2 Å². The Kier molecular flexibility index (Phi) is 8.46. The van der Waals surface area contributed by atoms with Crippen LogP contribution in [0, 0.1) is 5.92 Å². The van der Waals surface area contributed by atoms with Crippen LogP contribution in [0.4, 0.5) is 0 Å². The molecule has 6 nitrogen and oxygen atoms in total. The number of methoxy groups -OCH3 is 1. The normalized spacial score (nSPS) is 12.1. The van der Waals surface area contributed by atoms with Crippen molar-refractivity contribution in [3.63, 3.8) is 0 Å². The number of carboxylic acid groups (broad SMARTS) is 1. The molecule has 1 amide bonds. The molecule has 0 saturated carbocycles. The summed E-state index contributed by atoms with van der Waals surface area (Å²) in [4.78, 5) is 21.6. The average Bonchev–Trinajstić information content (AvgIpc) is 2.24. The third-order valence-corrected chi connectivity index (χ3v) is 2.03. The molecule has 0 fully saturated rings. The molecular weight excluding hydrogens is 212 g/mol. The fraction of sp³-hybridized carbons (Fsp3) is 0.800. The summed E-state index contributed by atoms with van der Waals surface area (Å²) in [6.45, 7) is 3.47. The molecule has 3 N–H and O–H groups in total. The highest BCUT2D eigenvalue weighted by molar-refractivity contribution is 5.76. The van der Waals surface area contributed by atoms with E-state index in [0.717, 1.165) is 0 Å². The molecule has 0 saturated heterocycles. The van der Waals surface area contributed by atoms with Gasteiger partial charge in [-0.05, 0) is 0 Å². The van der Waals surface area contributed by atoms with Crippen LogP contribution in [0.5, 0.6) is 0 Å². The highest BCUT2D eigenvalue weighted by atomic mass is 16.5. The summed E-state index contributed by atoms with van der Waals surface area (Å²) in [7, 11) is 1.57. The van der Waals surface area contributed by atoms with Crippen molar-refractivity contribution in [2.45, 2.75) is 13.3 Å². The highest BCUT2D eigenvalue weighted by Crippen LogP contribution is 1.91. The zero-order valence-electron chi connectivity index (χ0n) is 9.78. The second kappa shape index (κ2) is 9.11. The van der Waals surface area contributed by atoms with Gasteiger partial charge in [0.2, 0.25) is 5.91 Å². The monoisotopic (exact) mass is 232 g/mol. The number of carbonyl (C=O) groups is 2. The van der Waals surface area contributed by atoms with Crippen LogP contribution in [-0.4, -0.2) is 50.3 Å². The number of amides is 1. The largest absolute Gasteiger partial charge is 0.481 e. The molecule has 0 bridgehead atoms. The number of nitrogens with one attached hydrogen (secondary N) is 2. The van der Waals surface area contributed by atoms with Gasteiger partial charge in [-0.15, -0.1) is 0 Å². The first-order valence-electron chi connectivity index (χ1n) is 5.27. The van der Waals surface area contributed by atoms with Gasteiger partial charge in [0.05, 0.1) is 12.5 Å². The Morgan fingerprint density at radius 2 is 2.06 bits per heavy atom. The van der Waals surface area contributed by atoms with Gasteiger partial charge < -0.3 is 20.5 Å². The number of hydrogen-bond acceptors (Lipinski definition) is 4. The van der Waals surface area contributed by atoms with Crippen molar-refractivity contribution < 1.29 is 19.4 Å². The molecule has 0 aromatic rings. The van der Waals surface area contributed by atoms with Gasteiger partial charge in [0.1, 0.15) is 0 Å². The summed E-state index contributed by atoms with van der Waals surface area (Å²) in [6.07, 6.45) is 0.343. The van der Waals surface area contributed by atoms with Crippen molar-refractivity contribution in [3.8, 4) is 0 Å². The van der Waals surface area contributed by atoms with Crippen LogP contribution in [0.15, 0.2) is 0 Å². The minimum atomic E-state index is -0.836. The van der Waals surface area contributed by atoms with Crippen molar-refractivity contribution in [1.82, 2.24) is 10.6 Å². The Morgan fingerprint density at radius 3 is 2.62 bits per heavy atom. The summed E-state index contributed by atoms with van der Waals surface area (Å²) in [5.41, 5.74) is 0. The first-order valence-corrected chi connectivity index (χ1v) is 5.27. The van der Waals surface area contributed by atoms with Crippen molar-refractivity contribution in [2.24, 2.45) is 5.92 Å². The van der Waals surface area contributed by atoms with Crippen LogP contribution < -0.4 is 10.6 Å². The standard InChI is InChI=1S/C10H20N2O4/c1-8(10(14)15)7-11-4-3-9(13)12-5-6-16-2/h8,11H,3-7H2,1-2H3,(H,12,13)(H,14,15). The van der Waals surface area contributed by atoms with E-state index in [2.05, 4.69) is 10.6 Å². The van der Waals surface area contributed by atoms with Gasteiger partial charge in [-0.2, -0.15) is 0 Å². The van der Waals surface area contributed by atoms with Gasteiger partial charge in [-0.1, -0.05) is 6.92 Å². The van der Waals surface area contributed by atoms with E-state index >= 15 is 0 Å². The van der Waals surface area contributed by atoms with Crippen molar-refractivity contribution in [2.75, 3.05) is 33.4 Å². The molecule has 0 aliphatic heterocycles. The Hall–Kier alpha value is -1.14. The van der Waals surface area contributed by atoms with Crippen molar-refractivity contribution >= 4 is 11.9 Å². The summed E-state index contributed by atoms with van der Waals surface area (Å²) in [5.74, 6) is -1.33. The van der Waals surface area contributed by atoms with E-state index in [9.17, 15) is 9.59 Å². The van der Waals surface area contributed by atoms with E-state index in [1.807, 2.05) is 0 Å². The molecule has 0 aliphatic rings. The maximum absolute atomic E-state index is 11.2. The van der Waals surface area contributed by atoms with Crippen molar-refractivity contribution in [3.05, 3.63) is 0 Å². The third kappa shape index (κ3) is 8.19. The maximum atomic E-state index is 11.2. The van der Waals surface area contributed by atoms with Crippen LogP contribution in [0.1, 0.15) is 13.3 Å². The molecule has 0 heterocycles. The van der Waals surface area contributed by atoms with Crippen LogP contribution in [0.25, 0.3) is 0 Å². The number of carbonyl (C=O) groups excluding carboxylic acids is 1. The molecule has 94 valence electrons. The smallest absolute Gasteiger partial charge is 0.307 e. The van der Waals surface area contributed by atoms with E-state index < -0.39 is 11.9 Å². The van der Waals surface area contributed by atoms with E-state index in [1.165, 1.54) is 0 Å². The molecule has 0 aromatic heterocycles. The van der Waals surface area contributed by atoms with E-state index in [-0.39, 0.29) is 5.91 Å². The van der Waals surface area contributed by atoms with E-state index in [1.54, 1.807) is 14.0 Å². The molecule has 0 rings (SSSR count). The molecule has 0 aliphatic carbocycles. The Labute approximate surface area is 95.4 Å². The summed E-state index contributed by atoms with van der Waals surface area (Å²) >= 11 is 0. The number of ether oxygens (including phenoxy) is 1. The van der Waals surface area contributed by atoms with Gasteiger partial charge in [-0.3, -0.25) is 9.59 Å². The molecule has 16 heavy (non-hydrogen) atoms. The van der Waals surface area contributed by atoms with Crippen LogP contribution in [0.2, 0.25) is 0 Å². The fourth-order valence-electron chi connectivity index (χ4n) is 0.989. The predicted octanol–water partition coefficient (Wildman–Crippen LogP) is -0.551. The minimum Gasteiger partial charge on any atom is -0.481 e. The molecule has 0 spiro atoms. The molecule has 1 atom stereocenters. The number of aliphatic carboxylic acids is 1. The lowest BCUT2D eigenvalue weighted by Crippen LogP contribution is -2.32. The van der Waals surface area contributed by atoms with Crippen LogP contribution in [-0.2, 0) is 14.3 Å². The molecule has 6 heteroatoms. The lowest BCUT2D eigenvalue weighted by Gasteiger charge is -2.08. The fourth-order valence-corrected chi connectivity index (χ4v) is 0.989. The van der Waals surface area contributed by atoms with Crippen LogP contribution >= 0.6 is 0 Å². The zero-order valence-corrected chi connectivity index (χ0v) is 9.78. The van der Waals surface area contributed by atoms with Crippen molar-refractivity contribution in [1.29, 1.82) is 0 Å². The van der Waals surface area contributed by atoms with Gasteiger partial charge in [0.25, 0.3) is 0 Å². The first kappa shape index (κ1) is 14.9. The summed E-state index contributed by atoms with van der Waals surface area (Å²) < 4.78 is 4.78. The molecule has 0 aromatic carbocycles. The Balaban J connectivity index is 3.37. The van der Waals surface area contributed by atoms with Crippen LogP contribution in [0.3, 0.4) is 0 Å². The first-order chi connectivity index (χ1) is 7.57. The molecule has 0 radical (unpaired) electrons. The number of hydrogen-bond donors (Lipinski definition) is 3. The summed E-state index contributed by atoms with van der Waals surface area (Å²) in [5, 5.41) is 14.2. The average molecular weight is 232 g/mol. The van der Waals surface area contributed by atoms with Gasteiger partial charge in [-0.25, -0.2) is 0 Å². The van der Waals surface area contributed by atoms with E-state index in [4.69, 9.17) is 9.84 Å². The Morgan fingerprint density at radius 1 is 1.38 bits per heavy atom. The number of rotatable bonds is 9.